The minimum Gasteiger partial charge on any atom is -0.466 e. The minimum absolute atomic E-state index is 0.0755. The van der Waals surface area contributed by atoms with Crippen molar-refractivity contribution in [3.8, 4) is 0 Å². The van der Waals surface area contributed by atoms with E-state index in [4.69, 9.17) is 9.47 Å². The van der Waals surface area contributed by atoms with Crippen LogP contribution in [0.2, 0.25) is 0 Å². The summed E-state index contributed by atoms with van der Waals surface area (Å²) in [6.07, 6.45) is 4.97. The van der Waals surface area contributed by atoms with Crippen molar-refractivity contribution in [2.75, 3.05) is 26.3 Å². The van der Waals surface area contributed by atoms with Gasteiger partial charge in [-0.3, -0.25) is 14.4 Å². The molecular weight excluding hydrogens is 484 g/mol. The number of ether oxygens (including phenoxy) is 2. The summed E-state index contributed by atoms with van der Waals surface area (Å²) >= 11 is 0. The predicted octanol–water partition coefficient (Wildman–Crippen LogP) is 3.50. The van der Waals surface area contributed by atoms with Gasteiger partial charge in [-0.1, -0.05) is 63.1 Å². The van der Waals surface area contributed by atoms with Crippen LogP contribution in [0, 0.1) is 17.8 Å². The molecule has 208 valence electrons. The number of aliphatic hydroxyl groups is 1. The lowest BCUT2D eigenvalue weighted by molar-refractivity contribution is -0.163. The highest BCUT2D eigenvalue weighted by molar-refractivity contribution is 5.99. The number of likely N-dealkylation sites (tertiary alicyclic amines) is 1. The molecule has 1 N–H and O–H groups in total. The van der Waals surface area contributed by atoms with E-state index in [1.165, 1.54) is 4.90 Å². The summed E-state index contributed by atoms with van der Waals surface area (Å²) in [5, 5.41) is 10.6. The van der Waals surface area contributed by atoms with E-state index in [0.717, 1.165) is 24.8 Å². The Balaban J connectivity index is 1.85. The Morgan fingerprint density at radius 1 is 1.29 bits per heavy atom. The molecule has 8 nitrogen and oxygen atoms in total. The average Bonchev–Trinajstić information content (AvgIpc) is 3.41. The molecule has 4 rings (SSSR count). The molecule has 3 aliphatic heterocycles. The fraction of sp³-hybridized carbons (Fsp3) is 0.633. The summed E-state index contributed by atoms with van der Waals surface area (Å²) in [4.78, 5) is 45.5. The number of aliphatic hydroxyl groups excluding tert-OH is 1. The number of esters is 1. The van der Waals surface area contributed by atoms with E-state index >= 15 is 0 Å². The maximum Gasteiger partial charge on any atom is 0.312 e. The summed E-state index contributed by atoms with van der Waals surface area (Å²) < 4.78 is 12.2. The van der Waals surface area contributed by atoms with E-state index in [0.29, 0.717) is 19.5 Å². The van der Waals surface area contributed by atoms with E-state index in [1.54, 1.807) is 17.9 Å². The van der Waals surface area contributed by atoms with Gasteiger partial charge in [0.15, 0.2) is 0 Å². The maximum absolute atomic E-state index is 14.5. The summed E-state index contributed by atoms with van der Waals surface area (Å²) in [6.45, 7) is 12.3. The van der Waals surface area contributed by atoms with Crippen molar-refractivity contribution < 1.29 is 29.0 Å². The molecule has 0 radical (unpaired) electrons. The van der Waals surface area contributed by atoms with Gasteiger partial charge in [0.25, 0.3) is 0 Å². The average molecular weight is 527 g/mol. The van der Waals surface area contributed by atoms with Gasteiger partial charge >= 0.3 is 5.97 Å². The first-order valence-electron chi connectivity index (χ1n) is 14.0. The summed E-state index contributed by atoms with van der Waals surface area (Å²) in [5.41, 5.74) is -1.39. The van der Waals surface area contributed by atoms with E-state index in [9.17, 15) is 19.5 Å². The Kier molecular flexibility index (Phi) is 8.33. The highest BCUT2D eigenvalue weighted by Crippen LogP contribution is 2.66. The third kappa shape index (κ3) is 4.35. The molecule has 3 unspecified atom stereocenters. The fourth-order valence-corrected chi connectivity index (χ4v) is 7.08. The minimum atomic E-state index is -1.19. The first-order valence-corrected chi connectivity index (χ1v) is 14.0. The van der Waals surface area contributed by atoms with Crippen molar-refractivity contribution in [3.63, 3.8) is 0 Å². The van der Waals surface area contributed by atoms with Crippen LogP contribution in [0.15, 0.2) is 43.0 Å². The molecule has 0 aliphatic carbocycles. The lowest BCUT2D eigenvalue weighted by Crippen LogP contribution is -2.57. The van der Waals surface area contributed by atoms with Crippen molar-refractivity contribution in [1.29, 1.82) is 0 Å². The Hall–Kier alpha value is -2.71. The highest BCUT2D eigenvalue weighted by Gasteiger charge is 2.80. The van der Waals surface area contributed by atoms with Crippen LogP contribution in [0.25, 0.3) is 0 Å². The molecular formula is C30H42N2O6. The monoisotopic (exact) mass is 526 g/mol. The second kappa shape index (κ2) is 11.2. The Labute approximate surface area is 226 Å². The van der Waals surface area contributed by atoms with Crippen LogP contribution in [0.5, 0.6) is 0 Å². The quantitative estimate of drug-likeness (QED) is 0.254. The number of amides is 2. The summed E-state index contributed by atoms with van der Waals surface area (Å²) in [6, 6.07) is 7.50. The molecule has 1 aromatic rings. The number of nitrogens with zero attached hydrogens (tertiary/aromatic N) is 2. The molecule has 3 saturated heterocycles. The highest BCUT2D eigenvalue weighted by atomic mass is 16.6. The molecule has 1 aromatic carbocycles. The second-order valence-electron chi connectivity index (χ2n) is 11.1. The zero-order chi connectivity index (χ0) is 27.7. The lowest BCUT2D eigenvalue weighted by Gasteiger charge is -2.39. The number of fused-ring (bicyclic) bond motifs is 1. The third-order valence-electron chi connectivity index (χ3n) is 8.91. The molecule has 3 aliphatic rings. The first-order chi connectivity index (χ1) is 18.2. The predicted molar refractivity (Wildman–Crippen MR) is 143 cm³/mol. The van der Waals surface area contributed by atoms with Gasteiger partial charge in [0.05, 0.1) is 30.8 Å². The van der Waals surface area contributed by atoms with E-state index in [-0.39, 0.29) is 30.9 Å². The maximum atomic E-state index is 14.5. The van der Waals surface area contributed by atoms with Gasteiger partial charge in [0.1, 0.15) is 17.6 Å². The molecule has 3 fully saturated rings. The number of hydrogen-bond acceptors (Lipinski definition) is 6. The van der Waals surface area contributed by atoms with Gasteiger partial charge in [-0.25, -0.2) is 0 Å². The molecule has 0 aromatic heterocycles. The second-order valence-corrected chi connectivity index (χ2v) is 11.1. The SMILES string of the molecule is C=CCN(CCCCC)C(=O)C1N([C@H](CO)c2ccccc2)C(=O)[C@@H]2[C@@H](C(=O)OCC)[C@]3(C)OC12CC3C. The van der Waals surface area contributed by atoms with Gasteiger partial charge in [-0.2, -0.15) is 0 Å². The van der Waals surface area contributed by atoms with Gasteiger partial charge in [-0.05, 0) is 38.2 Å². The van der Waals surface area contributed by atoms with Crippen LogP contribution in [-0.4, -0.2) is 76.2 Å². The Bertz CT molecular complexity index is 1050. The number of unbranched alkanes of at least 4 members (excludes halogenated alkanes) is 2. The standard InChI is InChI=1S/C30H42N2O6/c1-6-9-13-17-31(16-7-2)27(35)25-30-18-20(4)29(5,38-30)24(28(36)37-8-3)23(30)26(34)32(25)22(19-33)21-14-11-10-12-15-21/h7,10-12,14-15,20,22-25,33H,2,6,8-9,13,16-19H2,1,3-5H3/t20?,22-,23+,24+,25?,29-,30?/m1/s1. The number of hydrogen-bond donors (Lipinski definition) is 1. The van der Waals surface area contributed by atoms with Crippen molar-refractivity contribution in [3.05, 3.63) is 48.6 Å². The summed E-state index contributed by atoms with van der Waals surface area (Å²) in [5.74, 6) is -2.81. The normalized spacial score (nSPS) is 32.2. The van der Waals surface area contributed by atoms with Gasteiger partial charge in [0.2, 0.25) is 11.8 Å². The molecule has 7 atom stereocenters. The molecule has 2 bridgehead atoms. The topological polar surface area (TPSA) is 96.4 Å². The number of benzene rings is 1. The van der Waals surface area contributed by atoms with Crippen LogP contribution < -0.4 is 0 Å². The molecule has 8 heteroatoms. The van der Waals surface area contributed by atoms with Gasteiger partial charge < -0.3 is 24.4 Å². The first kappa shape index (κ1) is 28.3. The Morgan fingerprint density at radius 3 is 2.61 bits per heavy atom. The fourth-order valence-electron chi connectivity index (χ4n) is 7.08. The number of carbonyl (C=O) groups is 3. The van der Waals surface area contributed by atoms with E-state index in [1.807, 2.05) is 44.2 Å². The molecule has 2 amide bonds. The third-order valence-corrected chi connectivity index (χ3v) is 8.91. The van der Waals surface area contributed by atoms with Crippen LogP contribution in [0.3, 0.4) is 0 Å². The van der Waals surface area contributed by atoms with E-state index < -0.39 is 41.1 Å². The Morgan fingerprint density at radius 2 is 2.00 bits per heavy atom. The molecule has 1 spiro atoms. The molecule has 0 saturated carbocycles. The largest absolute Gasteiger partial charge is 0.466 e. The zero-order valence-corrected chi connectivity index (χ0v) is 23.1. The number of carbonyl (C=O) groups excluding carboxylic acids is 3. The van der Waals surface area contributed by atoms with Crippen LogP contribution in [-0.2, 0) is 23.9 Å². The van der Waals surface area contributed by atoms with Crippen molar-refractivity contribution in [2.45, 2.75) is 76.7 Å². The van der Waals surface area contributed by atoms with Crippen LogP contribution >= 0.6 is 0 Å². The van der Waals surface area contributed by atoms with Crippen molar-refractivity contribution in [2.24, 2.45) is 17.8 Å². The van der Waals surface area contributed by atoms with Gasteiger partial charge in [0, 0.05) is 13.1 Å². The molecule has 38 heavy (non-hydrogen) atoms. The van der Waals surface area contributed by atoms with Crippen LogP contribution in [0.1, 0.15) is 65.0 Å². The molecule has 3 heterocycles. The smallest absolute Gasteiger partial charge is 0.312 e. The number of rotatable bonds is 12. The van der Waals surface area contributed by atoms with Crippen LogP contribution in [0.4, 0.5) is 0 Å². The lowest BCUT2D eigenvalue weighted by atomic mass is 9.62. The van der Waals surface area contributed by atoms with Gasteiger partial charge in [-0.15, -0.1) is 6.58 Å². The van der Waals surface area contributed by atoms with Crippen molar-refractivity contribution in [1.82, 2.24) is 9.80 Å². The summed E-state index contributed by atoms with van der Waals surface area (Å²) in [7, 11) is 0. The van der Waals surface area contributed by atoms with E-state index in [2.05, 4.69) is 13.5 Å². The zero-order valence-electron chi connectivity index (χ0n) is 23.1. The van der Waals surface area contributed by atoms with Crippen molar-refractivity contribution >= 4 is 17.8 Å².